The van der Waals surface area contributed by atoms with E-state index in [9.17, 15) is 0 Å². The molecule has 1 unspecified atom stereocenters. The molecule has 0 saturated heterocycles. The van der Waals surface area contributed by atoms with Crippen LogP contribution in [0.2, 0.25) is 0 Å². The van der Waals surface area contributed by atoms with Gasteiger partial charge in [-0.15, -0.1) is 0 Å². The predicted molar refractivity (Wildman–Crippen MR) is 77.8 cm³/mol. The molecule has 0 bridgehead atoms. The molecule has 2 rings (SSSR count). The third-order valence-corrected chi connectivity index (χ3v) is 3.45. The summed E-state index contributed by atoms with van der Waals surface area (Å²) in [6.07, 6.45) is 5.10. The maximum Gasteiger partial charge on any atom is 0.0888 e. The number of aromatic nitrogens is 1. The Hall–Kier alpha value is -0.930. The molecule has 1 aliphatic carbocycles. The van der Waals surface area contributed by atoms with E-state index in [-0.39, 0.29) is 0 Å². The summed E-state index contributed by atoms with van der Waals surface area (Å²) < 4.78 is 5.74. The third-order valence-electron chi connectivity index (χ3n) is 3.45. The zero-order chi connectivity index (χ0) is 13.5. The highest BCUT2D eigenvalue weighted by Crippen LogP contribution is 2.19. The van der Waals surface area contributed by atoms with Crippen molar-refractivity contribution in [2.75, 3.05) is 6.61 Å². The molecular formula is C16H26N2O. The largest absolute Gasteiger partial charge is 0.375 e. The van der Waals surface area contributed by atoms with Crippen molar-refractivity contribution >= 4 is 0 Å². The van der Waals surface area contributed by atoms with Crippen molar-refractivity contribution in [1.29, 1.82) is 0 Å². The molecule has 1 fully saturated rings. The second-order valence-electron chi connectivity index (χ2n) is 5.68. The fourth-order valence-corrected chi connectivity index (χ4v) is 2.19. The fraction of sp³-hybridized carbons (Fsp3) is 0.688. The quantitative estimate of drug-likeness (QED) is 0.741. The molecule has 106 valence electrons. The van der Waals surface area contributed by atoms with Crippen LogP contribution in [-0.2, 0) is 17.9 Å². The topological polar surface area (TPSA) is 34.1 Å². The van der Waals surface area contributed by atoms with Crippen molar-refractivity contribution in [3.8, 4) is 0 Å². The average molecular weight is 262 g/mol. The minimum atomic E-state index is 0.630. The van der Waals surface area contributed by atoms with E-state index < -0.39 is 0 Å². The van der Waals surface area contributed by atoms with Gasteiger partial charge in [0.25, 0.3) is 0 Å². The lowest BCUT2D eigenvalue weighted by Crippen LogP contribution is -2.16. The van der Waals surface area contributed by atoms with Gasteiger partial charge < -0.3 is 10.1 Å². The van der Waals surface area contributed by atoms with E-state index >= 15 is 0 Å². The summed E-state index contributed by atoms with van der Waals surface area (Å²) in [6.45, 7) is 6.80. The molecule has 1 aromatic heterocycles. The van der Waals surface area contributed by atoms with E-state index in [4.69, 9.17) is 4.74 Å². The standard InChI is InChI=1S/C16H26N2O/c1-3-5-13(2)11-19-12-16-7-4-6-15(18-16)10-17-14-8-9-14/h4,6-7,13-14,17H,3,5,8-12H2,1-2H3. The van der Waals surface area contributed by atoms with Gasteiger partial charge in [0.2, 0.25) is 0 Å². The lowest BCUT2D eigenvalue weighted by molar-refractivity contribution is 0.0871. The van der Waals surface area contributed by atoms with Crippen molar-refractivity contribution in [3.05, 3.63) is 29.6 Å². The van der Waals surface area contributed by atoms with Gasteiger partial charge in [0.15, 0.2) is 0 Å². The Morgan fingerprint density at radius 3 is 2.89 bits per heavy atom. The van der Waals surface area contributed by atoms with Crippen molar-refractivity contribution in [2.24, 2.45) is 5.92 Å². The number of hydrogen-bond acceptors (Lipinski definition) is 3. The first-order valence-corrected chi connectivity index (χ1v) is 7.54. The zero-order valence-electron chi connectivity index (χ0n) is 12.2. The average Bonchev–Trinajstić information content (AvgIpc) is 3.21. The molecule has 1 heterocycles. The first-order chi connectivity index (χ1) is 9.28. The Labute approximate surface area is 116 Å². The highest BCUT2D eigenvalue weighted by molar-refractivity contribution is 5.10. The Morgan fingerprint density at radius 1 is 1.37 bits per heavy atom. The van der Waals surface area contributed by atoms with E-state index in [2.05, 4.69) is 36.3 Å². The van der Waals surface area contributed by atoms with Crippen LogP contribution >= 0.6 is 0 Å². The maximum atomic E-state index is 5.74. The van der Waals surface area contributed by atoms with Crippen LogP contribution in [0.1, 0.15) is 50.9 Å². The summed E-state index contributed by atoms with van der Waals surface area (Å²) in [5, 5.41) is 3.49. The van der Waals surface area contributed by atoms with E-state index in [1.807, 2.05) is 6.07 Å². The number of rotatable bonds is 9. The van der Waals surface area contributed by atoms with Crippen LogP contribution in [-0.4, -0.2) is 17.6 Å². The first kappa shape index (κ1) is 14.5. The zero-order valence-corrected chi connectivity index (χ0v) is 12.2. The number of ether oxygens (including phenoxy) is 1. The van der Waals surface area contributed by atoms with Crippen LogP contribution in [0.3, 0.4) is 0 Å². The number of nitrogens with zero attached hydrogens (tertiary/aromatic N) is 1. The van der Waals surface area contributed by atoms with Crippen LogP contribution in [0.4, 0.5) is 0 Å². The van der Waals surface area contributed by atoms with E-state index in [1.165, 1.54) is 25.7 Å². The van der Waals surface area contributed by atoms with Crippen LogP contribution in [0.5, 0.6) is 0 Å². The van der Waals surface area contributed by atoms with Crippen molar-refractivity contribution in [2.45, 2.75) is 58.7 Å². The highest BCUT2D eigenvalue weighted by atomic mass is 16.5. The Balaban J connectivity index is 1.71. The highest BCUT2D eigenvalue weighted by Gasteiger charge is 2.20. The van der Waals surface area contributed by atoms with E-state index in [0.29, 0.717) is 12.5 Å². The van der Waals surface area contributed by atoms with Gasteiger partial charge in [0.05, 0.1) is 18.0 Å². The van der Waals surface area contributed by atoms with Crippen LogP contribution in [0, 0.1) is 5.92 Å². The predicted octanol–water partition coefficient (Wildman–Crippen LogP) is 3.29. The molecular weight excluding hydrogens is 236 g/mol. The van der Waals surface area contributed by atoms with Crippen molar-refractivity contribution in [1.82, 2.24) is 10.3 Å². The summed E-state index contributed by atoms with van der Waals surface area (Å²) in [6, 6.07) is 6.94. The van der Waals surface area contributed by atoms with Crippen LogP contribution in [0.25, 0.3) is 0 Å². The second-order valence-corrected chi connectivity index (χ2v) is 5.68. The fourth-order valence-electron chi connectivity index (χ4n) is 2.19. The van der Waals surface area contributed by atoms with Gasteiger partial charge in [-0.25, -0.2) is 0 Å². The number of pyridine rings is 1. The minimum absolute atomic E-state index is 0.630. The van der Waals surface area contributed by atoms with Gasteiger partial charge in [-0.3, -0.25) is 4.98 Å². The molecule has 0 aliphatic heterocycles. The number of hydrogen-bond donors (Lipinski definition) is 1. The first-order valence-electron chi connectivity index (χ1n) is 7.54. The van der Waals surface area contributed by atoms with Crippen molar-refractivity contribution < 1.29 is 4.74 Å². The SMILES string of the molecule is CCCC(C)COCc1cccc(CNC2CC2)n1. The Morgan fingerprint density at radius 2 is 2.16 bits per heavy atom. The molecule has 19 heavy (non-hydrogen) atoms. The Bertz CT molecular complexity index is 377. The van der Waals surface area contributed by atoms with Gasteiger partial charge in [-0.05, 0) is 37.3 Å². The molecule has 3 nitrogen and oxygen atoms in total. The monoisotopic (exact) mass is 262 g/mol. The van der Waals surface area contributed by atoms with Gasteiger partial charge in [-0.2, -0.15) is 0 Å². The summed E-state index contributed by atoms with van der Waals surface area (Å²) in [7, 11) is 0. The van der Waals surface area contributed by atoms with Gasteiger partial charge in [-0.1, -0.05) is 26.3 Å². The summed E-state index contributed by atoms with van der Waals surface area (Å²) in [5.41, 5.74) is 2.16. The molecule has 3 heteroatoms. The third kappa shape index (κ3) is 5.70. The number of nitrogens with one attached hydrogen (secondary N) is 1. The Kier molecular flexibility index (Phi) is 5.80. The lowest BCUT2D eigenvalue weighted by Gasteiger charge is -2.11. The van der Waals surface area contributed by atoms with Gasteiger partial charge in [0.1, 0.15) is 0 Å². The lowest BCUT2D eigenvalue weighted by atomic mass is 10.1. The van der Waals surface area contributed by atoms with Crippen LogP contribution < -0.4 is 5.32 Å². The van der Waals surface area contributed by atoms with Gasteiger partial charge >= 0.3 is 0 Å². The van der Waals surface area contributed by atoms with Crippen LogP contribution in [0.15, 0.2) is 18.2 Å². The minimum Gasteiger partial charge on any atom is -0.375 e. The van der Waals surface area contributed by atoms with E-state index in [1.54, 1.807) is 0 Å². The molecule has 1 aromatic rings. The molecule has 0 aromatic carbocycles. The molecule has 0 amide bonds. The molecule has 0 radical (unpaired) electrons. The maximum absolute atomic E-state index is 5.74. The summed E-state index contributed by atoms with van der Waals surface area (Å²) in [4.78, 5) is 4.63. The molecule has 1 N–H and O–H groups in total. The smallest absolute Gasteiger partial charge is 0.0888 e. The second kappa shape index (κ2) is 7.61. The van der Waals surface area contributed by atoms with Gasteiger partial charge in [0, 0.05) is 19.2 Å². The normalized spacial score (nSPS) is 16.5. The molecule has 1 atom stereocenters. The van der Waals surface area contributed by atoms with E-state index in [0.717, 1.165) is 30.6 Å². The molecule has 1 saturated carbocycles. The molecule has 1 aliphatic rings. The van der Waals surface area contributed by atoms with Crippen molar-refractivity contribution in [3.63, 3.8) is 0 Å². The summed E-state index contributed by atoms with van der Waals surface area (Å²) in [5.74, 6) is 0.643. The molecule has 0 spiro atoms. The summed E-state index contributed by atoms with van der Waals surface area (Å²) >= 11 is 0.